The SMILES string of the molecule is CC(Nc1cccnc1)c1ccc2ccccc2c1. The molecule has 1 atom stereocenters. The van der Waals surface area contributed by atoms with Crippen molar-refractivity contribution < 1.29 is 0 Å². The molecular weight excluding hydrogens is 232 g/mol. The number of nitrogens with zero attached hydrogens (tertiary/aromatic N) is 1. The monoisotopic (exact) mass is 248 g/mol. The third-order valence-corrected chi connectivity index (χ3v) is 3.32. The zero-order chi connectivity index (χ0) is 13.1. The van der Waals surface area contributed by atoms with Gasteiger partial charge in [0.05, 0.1) is 5.69 Å². The second kappa shape index (κ2) is 5.11. The van der Waals surface area contributed by atoms with Gasteiger partial charge in [0.1, 0.15) is 0 Å². The van der Waals surface area contributed by atoms with Crippen LogP contribution < -0.4 is 5.32 Å². The van der Waals surface area contributed by atoms with E-state index in [9.17, 15) is 0 Å². The number of hydrogen-bond donors (Lipinski definition) is 1. The molecule has 94 valence electrons. The molecule has 1 N–H and O–H groups in total. The summed E-state index contributed by atoms with van der Waals surface area (Å²) in [6.45, 7) is 2.16. The van der Waals surface area contributed by atoms with Crippen LogP contribution in [0, 0.1) is 0 Å². The molecule has 0 fully saturated rings. The van der Waals surface area contributed by atoms with Crippen LogP contribution in [0.1, 0.15) is 18.5 Å². The highest BCUT2D eigenvalue weighted by Gasteiger charge is 2.05. The first-order valence-electron chi connectivity index (χ1n) is 6.48. The first-order valence-corrected chi connectivity index (χ1v) is 6.48. The van der Waals surface area contributed by atoms with Crippen LogP contribution in [-0.4, -0.2) is 4.98 Å². The normalized spacial score (nSPS) is 12.3. The molecule has 0 aliphatic carbocycles. The molecule has 1 heterocycles. The minimum absolute atomic E-state index is 0.258. The van der Waals surface area contributed by atoms with E-state index < -0.39 is 0 Å². The molecule has 0 saturated carbocycles. The highest BCUT2D eigenvalue weighted by Crippen LogP contribution is 2.22. The molecule has 0 amide bonds. The van der Waals surface area contributed by atoms with E-state index in [-0.39, 0.29) is 6.04 Å². The number of pyridine rings is 1. The Balaban J connectivity index is 1.87. The maximum Gasteiger partial charge on any atom is 0.0531 e. The van der Waals surface area contributed by atoms with Gasteiger partial charge < -0.3 is 5.32 Å². The zero-order valence-corrected chi connectivity index (χ0v) is 10.9. The molecule has 3 rings (SSSR count). The summed E-state index contributed by atoms with van der Waals surface area (Å²) in [6.07, 6.45) is 3.63. The van der Waals surface area contributed by atoms with Crippen LogP contribution in [0.3, 0.4) is 0 Å². The first kappa shape index (κ1) is 11.7. The van der Waals surface area contributed by atoms with Crippen LogP contribution in [-0.2, 0) is 0 Å². The standard InChI is InChI=1S/C17H16N2/c1-13(19-17-7-4-10-18-12-17)15-9-8-14-5-2-3-6-16(14)11-15/h2-13,19H,1H3. The van der Waals surface area contributed by atoms with Crippen molar-refractivity contribution in [3.05, 3.63) is 72.6 Å². The molecule has 0 aliphatic heterocycles. The summed E-state index contributed by atoms with van der Waals surface area (Å²) >= 11 is 0. The summed E-state index contributed by atoms with van der Waals surface area (Å²) in [4.78, 5) is 4.12. The van der Waals surface area contributed by atoms with Gasteiger partial charge in [-0.1, -0.05) is 36.4 Å². The molecule has 0 bridgehead atoms. The van der Waals surface area contributed by atoms with E-state index in [1.165, 1.54) is 16.3 Å². The van der Waals surface area contributed by atoms with Crippen LogP contribution in [0.15, 0.2) is 67.0 Å². The fraction of sp³-hybridized carbons (Fsp3) is 0.118. The second-order valence-corrected chi connectivity index (χ2v) is 4.71. The number of rotatable bonds is 3. The Kier molecular flexibility index (Phi) is 3.15. The summed E-state index contributed by atoms with van der Waals surface area (Å²) in [5, 5.41) is 6.02. The predicted octanol–water partition coefficient (Wildman–Crippen LogP) is 4.41. The fourth-order valence-corrected chi connectivity index (χ4v) is 2.26. The van der Waals surface area contributed by atoms with Gasteiger partial charge >= 0.3 is 0 Å². The summed E-state index contributed by atoms with van der Waals surface area (Å²) < 4.78 is 0. The lowest BCUT2D eigenvalue weighted by Crippen LogP contribution is -2.06. The molecule has 2 aromatic carbocycles. The molecule has 1 aromatic heterocycles. The van der Waals surface area contributed by atoms with Crippen molar-refractivity contribution in [1.82, 2.24) is 4.98 Å². The van der Waals surface area contributed by atoms with Gasteiger partial charge in [0, 0.05) is 18.4 Å². The lowest BCUT2D eigenvalue weighted by molar-refractivity contribution is 0.885. The lowest BCUT2D eigenvalue weighted by atomic mass is 10.0. The van der Waals surface area contributed by atoms with Gasteiger partial charge in [0.2, 0.25) is 0 Å². The molecule has 0 saturated heterocycles. The Morgan fingerprint density at radius 1 is 0.947 bits per heavy atom. The quantitative estimate of drug-likeness (QED) is 0.742. The van der Waals surface area contributed by atoms with Crippen molar-refractivity contribution in [1.29, 1.82) is 0 Å². The molecular formula is C17H16N2. The molecule has 2 nitrogen and oxygen atoms in total. The van der Waals surface area contributed by atoms with Crippen molar-refractivity contribution in [2.24, 2.45) is 0 Å². The average molecular weight is 248 g/mol. The summed E-state index contributed by atoms with van der Waals surface area (Å²) in [5.41, 5.74) is 2.32. The number of hydrogen-bond acceptors (Lipinski definition) is 2. The van der Waals surface area contributed by atoms with Gasteiger partial charge in [-0.3, -0.25) is 4.98 Å². The first-order chi connectivity index (χ1) is 9.33. The Labute approximate surface area is 113 Å². The van der Waals surface area contributed by atoms with Crippen molar-refractivity contribution >= 4 is 16.5 Å². The van der Waals surface area contributed by atoms with Crippen LogP contribution >= 0.6 is 0 Å². The van der Waals surface area contributed by atoms with Gasteiger partial charge in [-0.15, -0.1) is 0 Å². The molecule has 3 aromatic rings. The number of fused-ring (bicyclic) bond motifs is 1. The second-order valence-electron chi connectivity index (χ2n) is 4.71. The van der Waals surface area contributed by atoms with Crippen LogP contribution in [0.25, 0.3) is 10.8 Å². The fourth-order valence-electron chi connectivity index (χ4n) is 2.26. The molecule has 19 heavy (non-hydrogen) atoms. The number of benzene rings is 2. The molecule has 1 unspecified atom stereocenters. The van der Waals surface area contributed by atoms with Crippen molar-refractivity contribution in [2.75, 3.05) is 5.32 Å². The van der Waals surface area contributed by atoms with Gasteiger partial charge in [0.15, 0.2) is 0 Å². The minimum atomic E-state index is 0.258. The molecule has 0 aliphatic rings. The molecule has 2 heteroatoms. The number of nitrogens with one attached hydrogen (secondary N) is 1. The Morgan fingerprint density at radius 2 is 1.79 bits per heavy atom. The maximum atomic E-state index is 4.12. The van der Waals surface area contributed by atoms with Crippen molar-refractivity contribution in [3.63, 3.8) is 0 Å². The van der Waals surface area contributed by atoms with E-state index in [0.29, 0.717) is 0 Å². The Morgan fingerprint density at radius 3 is 2.58 bits per heavy atom. The summed E-state index contributed by atoms with van der Waals surface area (Å²) in [6, 6.07) is 19.2. The maximum absolute atomic E-state index is 4.12. The van der Waals surface area contributed by atoms with Crippen LogP contribution in [0.2, 0.25) is 0 Å². The highest BCUT2D eigenvalue weighted by molar-refractivity contribution is 5.83. The predicted molar refractivity (Wildman–Crippen MR) is 80.2 cm³/mol. The van der Waals surface area contributed by atoms with Gasteiger partial charge in [-0.25, -0.2) is 0 Å². The molecule has 0 radical (unpaired) electrons. The number of anilines is 1. The van der Waals surface area contributed by atoms with Gasteiger partial charge in [-0.2, -0.15) is 0 Å². The smallest absolute Gasteiger partial charge is 0.0531 e. The largest absolute Gasteiger partial charge is 0.377 e. The average Bonchev–Trinajstić information content (AvgIpc) is 2.48. The van der Waals surface area contributed by atoms with E-state index in [1.54, 1.807) is 6.20 Å². The van der Waals surface area contributed by atoms with E-state index in [4.69, 9.17) is 0 Å². The third kappa shape index (κ3) is 2.58. The van der Waals surface area contributed by atoms with Crippen molar-refractivity contribution in [2.45, 2.75) is 13.0 Å². The third-order valence-electron chi connectivity index (χ3n) is 3.32. The summed E-state index contributed by atoms with van der Waals surface area (Å²) in [5.74, 6) is 0. The van der Waals surface area contributed by atoms with E-state index >= 15 is 0 Å². The number of aromatic nitrogens is 1. The van der Waals surface area contributed by atoms with Crippen LogP contribution in [0.4, 0.5) is 5.69 Å². The van der Waals surface area contributed by atoms with E-state index in [1.807, 2.05) is 18.3 Å². The van der Waals surface area contributed by atoms with E-state index in [0.717, 1.165) is 5.69 Å². The van der Waals surface area contributed by atoms with E-state index in [2.05, 4.69) is 59.7 Å². The molecule has 0 spiro atoms. The van der Waals surface area contributed by atoms with Gasteiger partial charge in [-0.05, 0) is 41.5 Å². The zero-order valence-electron chi connectivity index (χ0n) is 10.9. The minimum Gasteiger partial charge on any atom is -0.377 e. The van der Waals surface area contributed by atoms with Crippen LogP contribution in [0.5, 0.6) is 0 Å². The summed E-state index contributed by atoms with van der Waals surface area (Å²) in [7, 11) is 0. The van der Waals surface area contributed by atoms with Gasteiger partial charge in [0.25, 0.3) is 0 Å². The van der Waals surface area contributed by atoms with Crippen molar-refractivity contribution in [3.8, 4) is 0 Å². The lowest BCUT2D eigenvalue weighted by Gasteiger charge is -2.16. The Bertz CT molecular complexity index is 677. The Hall–Kier alpha value is -2.35. The highest BCUT2D eigenvalue weighted by atomic mass is 14.9. The topological polar surface area (TPSA) is 24.9 Å².